The lowest BCUT2D eigenvalue weighted by atomic mass is 9.94. The fraction of sp³-hybridized carbons (Fsp3) is 0.484. The van der Waals surface area contributed by atoms with E-state index in [0.29, 0.717) is 50.4 Å². The zero-order valence-electron chi connectivity index (χ0n) is 42.8. The van der Waals surface area contributed by atoms with Crippen LogP contribution < -0.4 is 9.47 Å². The first kappa shape index (κ1) is 56.8. The Hall–Kier alpha value is -6.16. The minimum absolute atomic E-state index is 0.341. The summed E-state index contributed by atoms with van der Waals surface area (Å²) in [6.45, 7) is 9.17. The number of benzene rings is 4. The number of hydrogen-bond donors (Lipinski definition) is 0. The first-order valence-corrected chi connectivity index (χ1v) is 27.0. The molecule has 0 saturated heterocycles. The molecule has 10 heteroatoms. The van der Waals surface area contributed by atoms with Gasteiger partial charge in [0, 0.05) is 12.2 Å². The SMILES string of the molecule is C=CC(=O)OCCCCCCCCCCCCOc1ccc(-c2ccc(C(=O)O[C@@H]3CCCC[C@H]3OC(=O)c3ccc(-c4ccc(OCCCCCCCCCCCCOC(=O)C=C)cc4)cc3)cc2)cc1. The Kier molecular flexibility index (Phi) is 27.0. The molecule has 2 atom stereocenters. The van der Waals surface area contributed by atoms with Crippen molar-refractivity contribution in [2.45, 2.75) is 166 Å². The Bertz CT molecular complexity index is 2020. The lowest BCUT2D eigenvalue weighted by molar-refractivity contribution is -0.138. The predicted molar refractivity (Wildman–Crippen MR) is 286 cm³/mol. The topological polar surface area (TPSA) is 124 Å². The summed E-state index contributed by atoms with van der Waals surface area (Å²) >= 11 is 0. The van der Waals surface area contributed by atoms with E-state index in [9.17, 15) is 19.2 Å². The second-order valence-corrected chi connectivity index (χ2v) is 18.9. The number of esters is 4. The zero-order chi connectivity index (χ0) is 50.9. The van der Waals surface area contributed by atoms with Crippen LogP contribution in [0.15, 0.2) is 122 Å². The third kappa shape index (κ3) is 22.1. The summed E-state index contributed by atoms with van der Waals surface area (Å²) in [5.41, 5.74) is 4.94. The van der Waals surface area contributed by atoms with Gasteiger partial charge in [0.1, 0.15) is 23.7 Å². The Morgan fingerprint density at radius 2 is 0.639 bits per heavy atom. The normalized spacial score (nSPS) is 14.2. The van der Waals surface area contributed by atoms with E-state index < -0.39 is 24.1 Å². The number of carbonyl (C=O) groups excluding carboxylic acids is 4. The second-order valence-electron chi connectivity index (χ2n) is 18.9. The van der Waals surface area contributed by atoms with E-state index in [2.05, 4.69) is 13.2 Å². The molecule has 1 aliphatic carbocycles. The van der Waals surface area contributed by atoms with Crippen molar-refractivity contribution in [3.8, 4) is 33.8 Å². The van der Waals surface area contributed by atoms with E-state index >= 15 is 0 Å². The van der Waals surface area contributed by atoms with Crippen molar-refractivity contribution < 1.29 is 47.6 Å². The van der Waals surface area contributed by atoms with Crippen LogP contribution >= 0.6 is 0 Å². The molecule has 0 unspecified atom stereocenters. The number of ether oxygens (including phenoxy) is 6. The molecule has 5 rings (SSSR count). The monoisotopic (exact) mass is 985 g/mol. The second kappa shape index (κ2) is 34.2. The summed E-state index contributed by atoms with van der Waals surface area (Å²) in [5, 5.41) is 0. The van der Waals surface area contributed by atoms with Crippen molar-refractivity contribution in [3.05, 3.63) is 133 Å². The molecule has 0 heterocycles. The van der Waals surface area contributed by atoms with Crippen LogP contribution in [0.2, 0.25) is 0 Å². The van der Waals surface area contributed by atoms with Crippen molar-refractivity contribution >= 4 is 23.9 Å². The van der Waals surface area contributed by atoms with Gasteiger partial charge in [-0.2, -0.15) is 0 Å². The molecule has 1 aliphatic rings. The summed E-state index contributed by atoms with van der Waals surface area (Å²) in [6.07, 6.45) is 27.6. The molecule has 4 aromatic rings. The molecule has 0 spiro atoms. The zero-order valence-corrected chi connectivity index (χ0v) is 42.8. The maximum atomic E-state index is 13.3. The van der Waals surface area contributed by atoms with E-state index in [4.69, 9.17) is 28.4 Å². The summed E-state index contributed by atoms with van der Waals surface area (Å²) in [7, 11) is 0. The van der Waals surface area contributed by atoms with Crippen molar-refractivity contribution in [2.75, 3.05) is 26.4 Å². The Morgan fingerprint density at radius 3 is 0.931 bits per heavy atom. The smallest absolute Gasteiger partial charge is 0.338 e. The highest BCUT2D eigenvalue weighted by Gasteiger charge is 2.32. The van der Waals surface area contributed by atoms with Crippen molar-refractivity contribution in [1.82, 2.24) is 0 Å². The quantitative estimate of drug-likeness (QED) is 0.0188. The standard InChI is InChI=1S/C62H80O10/c1-3-59(63)69-47-25-19-15-11-7-5-9-13-17-23-45-67-55-41-37-51(38-42-55)49-29-33-53(34-30-49)61(65)71-57-27-21-22-28-58(57)72-62(66)54-35-31-50(32-36-54)52-39-43-56(44-40-52)68-46-24-18-14-10-6-8-12-16-20-26-48-70-60(64)4-2/h3-4,29-44,57-58H,1-2,5-28,45-48H2/t57-,58-/m1/s1. The lowest BCUT2D eigenvalue weighted by Crippen LogP contribution is -2.37. The van der Waals surface area contributed by atoms with Gasteiger partial charge in [0.15, 0.2) is 0 Å². The van der Waals surface area contributed by atoms with Gasteiger partial charge in [0.05, 0.1) is 37.6 Å². The molecular formula is C62H80O10. The van der Waals surface area contributed by atoms with Crippen LogP contribution in [0.25, 0.3) is 22.3 Å². The Balaban J connectivity index is 0.927. The van der Waals surface area contributed by atoms with Crippen LogP contribution in [-0.2, 0) is 28.5 Å². The summed E-state index contributed by atoms with van der Waals surface area (Å²) in [5.74, 6) is 0.157. The molecule has 1 fully saturated rings. The minimum Gasteiger partial charge on any atom is -0.494 e. The number of unbranched alkanes of at least 4 members (excludes halogenated alkanes) is 18. The average Bonchev–Trinajstić information content (AvgIpc) is 3.41. The van der Waals surface area contributed by atoms with E-state index in [1.54, 1.807) is 24.3 Å². The van der Waals surface area contributed by atoms with Crippen molar-refractivity contribution in [1.29, 1.82) is 0 Å². The first-order chi connectivity index (χ1) is 35.3. The van der Waals surface area contributed by atoms with Crippen LogP contribution in [0.4, 0.5) is 0 Å². The molecule has 388 valence electrons. The maximum absolute atomic E-state index is 13.3. The van der Waals surface area contributed by atoms with Gasteiger partial charge in [-0.15, -0.1) is 0 Å². The summed E-state index contributed by atoms with van der Waals surface area (Å²) < 4.78 is 34.0. The minimum atomic E-state index is -0.515. The van der Waals surface area contributed by atoms with Crippen LogP contribution in [0.3, 0.4) is 0 Å². The van der Waals surface area contributed by atoms with E-state index in [1.807, 2.05) is 72.8 Å². The van der Waals surface area contributed by atoms with Gasteiger partial charge in [-0.25, -0.2) is 19.2 Å². The van der Waals surface area contributed by atoms with Gasteiger partial charge in [0.2, 0.25) is 0 Å². The van der Waals surface area contributed by atoms with E-state index in [0.717, 1.165) is 98.0 Å². The third-order valence-electron chi connectivity index (χ3n) is 13.2. The van der Waals surface area contributed by atoms with Crippen LogP contribution in [0.1, 0.15) is 175 Å². The molecular weight excluding hydrogens is 905 g/mol. The lowest BCUT2D eigenvalue weighted by Gasteiger charge is -2.30. The van der Waals surface area contributed by atoms with Crippen molar-refractivity contribution in [3.63, 3.8) is 0 Å². The number of carbonyl (C=O) groups is 4. The molecule has 72 heavy (non-hydrogen) atoms. The molecule has 0 radical (unpaired) electrons. The van der Waals surface area contributed by atoms with Gasteiger partial charge in [-0.1, -0.05) is 164 Å². The van der Waals surface area contributed by atoms with Gasteiger partial charge in [-0.05, 0) is 122 Å². The fourth-order valence-corrected chi connectivity index (χ4v) is 8.91. The van der Waals surface area contributed by atoms with E-state index in [-0.39, 0.29) is 11.9 Å². The highest BCUT2D eigenvalue weighted by Crippen LogP contribution is 2.29. The molecule has 10 nitrogen and oxygen atoms in total. The highest BCUT2D eigenvalue weighted by atomic mass is 16.6. The molecule has 1 saturated carbocycles. The maximum Gasteiger partial charge on any atom is 0.338 e. The van der Waals surface area contributed by atoms with Crippen molar-refractivity contribution in [2.24, 2.45) is 0 Å². The van der Waals surface area contributed by atoms with Crippen LogP contribution in [0, 0.1) is 0 Å². The van der Waals surface area contributed by atoms with Gasteiger partial charge in [-0.3, -0.25) is 0 Å². The first-order valence-electron chi connectivity index (χ1n) is 27.0. The van der Waals surface area contributed by atoms with E-state index in [1.165, 1.54) is 89.2 Å². The fourth-order valence-electron chi connectivity index (χ4n) is 8.91. The molecule has 4 aromatic carbocycles. The number of hydrogen-bond acceptors (Lipinski definition) is 10. The van der Waals surface area contributed by atoms with Gasteiger partial charge >= 0.3 is 23.9 Å². The third-order valence-corrected chi connectivity index (χ3v) is 13.2. The average molecular weight is 985 g/mol. The predicted octanol–water partition coefficient (Wildman–Crippen LogP) is 15.4. The Labute approximate surface area is 429 Å². The molecule has 0 amide bonds. The summed E-state index contributed by atoms with van der Waals surface area (Å²) in [6, 6.07) is 30.9. The summed E-state index contributed by atoms with van der Waals surface area (Å²) in [4.78, 5) is 48.8. The largest absolute Gasteiger partial charge is 0.494 e. The molecule has 0 aliphatic heterocycles. The number of rotatable bonds is 36. The molecule has 0 bridgehead atoms. The van der Waals surface area contributed by atoms with Gasteiger partial charge in [0.25, 0.3) is 0 Å². The molecule has 0 N–H and O–H groups in total. The molecule has 0 aromatic heterocycles. The van der Waals surface area contributed by atoms with Gasteiger partial charge < -0.3 is 28.4 Å². The van der Waals surface area contributed by atoms with Crippen LogP contribution in [-0.4, -0.2) is 62.5 Å². The highest BCUT2D eigenvalue weighted by molar-refractivity contribution is 5.91. The van der Waals surface area contributed by atoms with Crippen LogP contribution in [0.5, 0.6) is 11.5 Å². The Morgan fingerprint density at radius 1 is 0.375 bits per heavy atom.